The summed E-state index contributed by atoms with van der Waals surface area (Å²) in [6, 6.07) is 7.64. The minimum absolute atomic E-state index is 0.0574. The highest BCUT2D eigenvalue weighted by Gasteiger charge is 2.55. The monoisotopic (exact) mass is 386 g/mol. The summed E-state index contributed by atoms with van der Waals surface area (Å²) in [5.74, 6) is 0.782. The van der Waals surface area contributed by atoms with Gasteiger partial charge < -0.3 is 14.5 Å². The molecule has 0 saturated carbocycles. The van der Waals surface area contributed by atoms with Gasteiger partial charge in [-0.15, -0.1) is 0 Å². The Hall–Kier alpha value is -2.61. The van der Waals surface area contributed by atoms with E-state index in [2.05, 4.69) is 4.90 Å². The minimum Gasteiger partial charge on any atom is -0.492 e. The molecule has 0 unspecified atom stereocenters. The molecule has 0 bridgehead atoms. The van der Waals surface area contributed by atoms with Crippen LogP contribution in [-0.4, -0.2) is 89.9 Å². The Morgan fingerprint density at radius 3 is 2.50 bits per heavy atom. The first-order valence-corrected chi connectivity index (χ1v) is 9.69. The Kier molecular flexibility index (Phi) is 4.74. The molecular weight excluding hydrogens is 360 g/mol. The molecule has 2 saturated heterocycles. The number of nitrogens with zero attached hydrogens (tertiary/aromatic N) is 4. The van der Waals surface area contributed by atoms with E-state index < -0.39 is 5.54 Å². The van der Waals surface area contributed by atoms with Crippen molar-refractivity contribution in [1.29, 1.82) is 0 Å². The van der Waals surface area contributed by atoms with Crippen molar-refractivity contribution in [2.45, 2.75) is 24.9 Å². The molecule has 0 aliphatic carbocycles. The zero-order valence-corrected chi connectivity index (χ0v) is 16.4. The van der Waals surface area contributed by atoms with Crippen LogP contribution in [0.25, 0.3) is 0 Å². The molecule has 1 aromatic carbocycles. The maximum atomic E-state index is 12.9. The van der Waals surface area contributed by atoms with Crippen LogP contribution in [0.1, 0.15) is 18.4 Å². The van der Waals surface area contributed by atoms with Gasteiger partial charge in [0.2, 0.25) is 5.91 Å². The first-order valence-electron chi connectivity index (χ1n) is 9.69. The van der Waals surface area contributed by atoms with Gasteiger partial charge in [-0.25, -0.2) is 4.79 Å². The van der Waals surface area contributed by atoms with Gasteiger partial charge in [0, 0.05) is 45.8 Å². The normalized spacial score (nSPS) is 22.3. The summed E-state index contributed by atoms with van der Waals surface area (Å²) in [7, 11) is 3.20. The second kappa shape index (κ2) is 7.09. The van der Waals surface area contributed by atoms with Crippen LogP contribution in [0.3, 0.4) is 0 Å². The molecule has 0 aromatic heterocycles. The lowest BCUT2D eigenvalue weighted by atomic mass is 9.86. The number of amides is 4. The van der Waals surface area contributed by atoms with E-state index in [9.17, 15) is 14.4 Å². The van der Waals surface area contributed by atoms with Gasteiger partial charge in [-0.1, -0.05) is 18.2 Å². The third kappa shape index (κ3) is 3.01. The molecule has 8 nitrogen and oxygen atoms in total. The summed E-state index contributed by atoms with van der Waals surface area (Å²) in [5, 5.41) is 0. The molecule has 4 amide bonds. The average molecular weight is 386 g/mol. The number of urea groups is 1. The molecule has 3 heterocycles. The van der Waals surface area contributed by atoms with Crippen LogP contribution in [0, 0.1) is 0 Å². The molecule has 2 fully saturated rings. The van der Waals surface area contributed by atoms with Crippen LogP contribution >= 0.6 is 0 Å². The molecule has 1 aromatic rings. The van der Waals surface area contributed by atoms with E-state index >= 15 is 0 Å². The van der Waals surface area contributed by atoms with Gasteiger partial charge in [-0.2, -0.15) is 0 Å². The number of piperidine rings is 1. The van der Waals surface area contributed by atoms with Crippen LogP contribution in [0.15, 0.2) is 24.3 Å². The fourth-order valence-corrected chi connectivity index (χ4v) is 4.43. The lowest BCUT2D eigenvalue weighted by molar-refractivity contribution is -0.140. The van der Waals surface area contributed by atoms with Crippen molar-refractivity contribution in [2.24, 2.45) is 0 Å². The van der Waals surface area contributed by atoms with E-state index in [0.29, 0.717) is 52.2 Å². The number of imide groups is 1. The van der Waals surface area contributed by atoms with Crippen molar-refractivity contribution in [3.05, 3.63) is 29.8 Å². The number of likely N-dealkylation sites (tertiary alicyclic amines) is 1. The topological polar surface area (TPSA) is 73.4 Å². The number of carbonyl (C=O) groups is 3. The molecule has 4 rings (SSSR count). The molecule has 150 valence electrons. The Bertz CT molecular complexity index is 803. The number of benzene rings is 1. The van der Waals surface area contributed by atoms with Gasteiger partial charge in [-0.3, -0.25) is 19.4 Å². The lowest BCUT2D eigenvalue weighted by Crippen LogP contribution is -2.57. The van der Waals surface area contributed by atoms with Crippen molar-refractivity contribution < 1.29 is 19.1 Å². The first kappa shape index (κ1) is 18.7. The predicted molar refractivity (Wildman–Crippen MR) is 102 cm³/mol. The number of carbonyl (C=O) groups excluding carboxylic acids is 3. The van der Waals surface area contributed by atoms with Crippen LogP contribution in [0.2, 0.25) is 0 Å². The largest absolute Gasteiger partial charge is 0.492 e. The number of fused-ring (bicyclic) bond motifs is 1. The zero-order valence-electron chi connectivity index (χ0n) is 16.4. The van der Waals surface area contributed by atoms with Crippen molar-refractivity contribution in [1.82, 2.24) is 19.6 Å². The fourth-order valence-electron chi connectivity index (χ4n) is 4.43. The molecule has 28 heavy (non-hydrogen) atoms. The summed E-state index contributed by atoms with van der Waals surface area (Å²) in [6.45, 7) is 3.22. The molecule has 0 N–H and O–H groups in total. The van der Waals surface area contributed by atoms with E-state index in [1.54, 1.807) is 11.9 Å². The van der Waals surface area contributed by atoms with Gasteiger partial charge in [-0.05, 0) is 18.9 Å². The van der Waals surface area contributed by atoms with E-state index in [4.69, 9.17) is 4.74 Å². The summed E-state index contributed by atoms with van der Waals surface area (Å²) in [4.78, 5) is 44.2. The summed E-state index contributed by atoms with van der Waals surface area (Å²) in [5.41, 5.74) is 0.294. The predicted octanol–water partition coefficient (Wildman–Crippen LogP) is 0.766. The molecule has 8 heteroatoms. The van der Waals surface area contributed by atoms with Gasteiger partial charge in [0.25, 0.3) is 5.91 Å². The van der Waals surface area contributed by atoms with Crippen molar-refractivity contribution in [2.75, 3.05) is 46.9 Å². The third-order valence-electron chi connectivity index (χ3n) is 6.25. The highest BCUT2D eigenvalue weighted by Crippen LogP contribution is 2.35. The number of likely N-dealkylation sites (N-methyl/N-ethyl adjacent to an activating group) is 2. The van der Waals surface area contributed by atoms with E-state index in [0.717, 1.165) is 11.3 Å². The highest BCUT2D eigenvalue weighted by atomic mass is 16.5. The van der Waals surface area contributed by atoms with Crippen molar-refractivity contribution in [3.63, 3.8) is 0 Å². The smallest absolute Gasteiger partial charge is 0.327 e. The molecule has 1 spiro atoms. The van der Waals surface area contributed by atoms with Crippen LogP contribution in [0.4, 0.5) is 4.79 Å². The second-order valence-corrected chi connectivity index (χ2v) is 7.78. The Balaban J connectivity index is 1.37. The fraction of sp³-hybridized carbons (Fsp3) is 0.550. The van der Waals surface area contributed by atoms with Gasteiger partial charge in [0.05, 0.1) is 6.54 Å². The number of hydrogen-bond donors (Lipinski definition) is 0. The third-order valence-corrected chi connectivity index (χ3v) is 6.25. The minimum atomic E-state index is -0.794. The summed E-state index contributed by atoms with van der Waals surface area (Å²) >= 11 is 0. The average Bonchev–Trinajstić information content (AvgIpc) is 2.87. The molecule has 3 aliphatic heterocycles. The lowest BCUT2D eigenvalue weighted by Gasteiger charge is -2.41. The van der Waals surface area contributed by atoms with E-state index in [-0.39, 0.29) is 17.8 Å². The van der Waals surface area contributed by atoms with Crippen molar-refractivity contribution in [3.8, 4) is 5.75 Å². The number of hydrogen-bond acceptors (Lipinski definition) is 5. The Morgan fingerprint density at radius 2 is 1.82 bits per heavy atom. The molecule has 3 aliphatic rings. The quantitative estimate of drug-likeness (QED) is 0.702. The van der Waals surface area contributed by atoms with E-state index in [1.807, 2.05) is 29.2 Å². The maximum Gasteiger partial charge on any atom is 0.327 e. The Morgan fingerprint density at radius 1 is 1.11 bits per heavy atom. The number of para-hydroxylation sites is 1. The van der Waals surface area contributed by atoms with Crippen LogP contribution in [0.5, 0.6) is 5.75 Å². The van der Waals surface area contributed by atoms with Crippen LogP contribution < -0.4 is 4.74 Å². The molecule has 0 radical (unpaired) electrons. The van der Waals surface area contributed by atoms with Crippen molar-refractivity contribution >= 4 is 17.8 Å². The van der Waals surface area contributed by atoms with Gasteiger partial charge in [0.15, 0.2) is 0 Å². The van der Waals surface area contributed by atoms with E-state index in [1.165, 1.54) is 11.9 Å². The Labute approximate surface area is 164 Å². The van der Waals surface area contributed by atoms with Crippen LogP contribution in [-0.2, 0) is 16.1 Å². The number of ether oxygens (including phenoxy) is 1. The first-order chi connectivity index (χ1) is 13.4. The molecular formula is C20H26N4O4. The number of rotatable bonds is 2. The highest BCUT2D eigenvalue weighted by molar-refractivity contribution is 6.06. The van der Waals surface area contributed by atoms with Gasteiger partial charge >= 0.3 is 6.03 Å². The summed E-state index contributed by atoms with van der Waals surface area (Å²) in [6.07, 6.45) is 0.964. The second-order valence-electron chi connectivity index (χ2n) is 7.78. The van der Waals surface area contributed by atoms with Gasteiger partial charge in [0.1, 0.15) is 17.9 Å². The molecule has 0 atom stereocenters. The SMILES string of the molecule is CN1C(=O)N(C)C2(CCN(C(=O)CN3CCOc4ccccc4C3)CC2)C1=O. The summed E-state index contributed by atoms with van der Waals surface area (Å²) < 4.78 is 5.77. The maximum absolute atomic E-state index is 12.9. The standard InChI is InChI=1S/C20H26N4O4/c1-21-18(26)20(22(2)19(21)27)7-9-24(10-8-20)17(25)14-23-11-12-28-16-6-4-3-5-15(16)13-23/h3-6H,7-14H2,1-2H3. The zero-order chi connectivity index (χ0) is 19.9.